The second-order valence-corrected chi connectivity index (χ2v) is 6.53. The van der Waals surface area contributed by atoms with E-state index in [2.05, 4.69) is 9.80 Å². The summed E-state index contributed by atoms with van der Waals surface area (Å²) in [7, 11) is 0. The minimum atomic E-state index is -0.660. The van der Waals surface area contributed by atoms with Crippen molar-refractivity contribution in [3.05, 3.63) is 0 Å². The summed E-state index contributed by atoms with van der Waals surface area (Å²) < 4.78 is 0. The monoisotopic (exact) mass is 266 g/mol. The predicted octanol–water partition coefficient (Wildman–Crippen LogP) is 1.80. The van der Waals surface area contributed by atoms with E-state index in [-0.39, 0.29) is 0 Å². The predicted molar refractivity (Wildman–Crippen MR) is 74.2 cm³/mol. The van der Waals surface area contributed by atoms with Crippen LogP contribution in [0.5, 0.6) is 0 Å². The van der Waals surface area contributed by atoms with Crippen molar-refractivity contribution in [3.8, 4) is 0 Å². The largest absolute Gasteiger partial charge is 0.481 e. The molecule has 2 unspecified atom stereocenters. The standard InChI is InChI=1S/C15H26N2O2/c18-15(19)4-2-8-16-10-7-14-12(11-16)3-1-9-17(14)13-5-6-13/h12-14H,1-11H2,(H,18,19). The van der Waals surface area contributed by atoms with Gasteiger partial charge in [-0.25, -0.2) is 0 Å². The van der Waals surface area contributed by atoms with Gasteiger partial charge < -0.3 is 10.0 Å². The molecule has 2 heterocycles. The number of rotatable bonds is 5. The summed E-state index contributed by atoms with van der Waals surface area (Å²) >= 11 is 0. The summed E-state index contributed by atoms with van der Waals surface area (Å²) in [4.78, 5) is 15.9. The fraction of sp³-hybridized carbons (Fsp3) is 0.933. The Morgan fingerprint density at radius 1 is 1.16 bits per heavy atom. The summed E-state index contributed by atoms with van der Waals surface area (Å²) in [6.45, 7) is 4.67. The van der Waals surface area contributed by atoms with Gasteiger partial charge in [0.15, 0.2) is 0 Å². The Bertz CT molecular complexity index is 330. The molecule has 3 fully saturated rings. The third-order valence-electron chi connectivity index (χ3n) is 5.08. The highest BCUT2D eigenvalue weighted by atomic mass is 16.4. The lowest BCUT2D eigenvalue weighted by Crippen LogP contribution is -2.54. The summed E-state index contributed by atoms with van der Waals surface area (Å²) in [5, 5.41) is 8.71. The van der Waals surface area contributed by atoms with E-state index >= 15 is 0 Å². The zero-order valence-electron chi connectivity index (χ0n) is 11.8. The second kappa shape index (κ2) is 5.80. The summed E-state index contributed by atoms with van der Waals surface area (Å²) in [6.07, 6.45) is 8.01. The highest BCUT2D eigenvalue weighted by Gasteiger charge is 2.41. The molecule has 1 aliphatic carbocycles. The Hall–Kier alpha value is -0.610. The van der Waals surface area contributed by atoms with E-state index in [0.29, 0.717) is 6.42 Å². The van der Waals surface area contributed by atoms with E-state index in [1.165, 1.54) is 51.7 Å². The highest BCUT2D eigenvalue weighted by molar-refractivity contribution is 5.66. The van der Waals surface area contributed by atoms with Gasteiger partial charge in [0.05, 0.1) is 0 Å². The normalized spacial score (nSPS) is 33.1. The van der Waals surface area contributed by atoms with E-state index in [0.717, 1.165) is 31.0 Å². The van der Waals surface area contributed by atoms with Crippen LogP contribution < -0.4 is 0 Å². The van der Waals surface area contributed by atoms with Crippen LogP contribution >= 0.6 is 0 Å². The zero-order chi connectivity index (χ0) is 13.2. The molecule has 0 spiro atoms. The van der Waals surface area contributed by atoms with Crippen molar-refractivity contribution in [2.24, 2.45) is 5.92 Å². The van der Waals surface area contributed by atoms with Crippen molar-refractivity contribution < 1.29 is 9.90 Å². The maximum atomic E-state index is 10.6. The SMILES string of the molecule is O=C(O)CCCN1CCC2C(CCCN2C2CC2)C1. The molecule has 0 amide bonds. The first-order valence-corrected chi connectivity index (χ1v) is 7.94. The molecular formula is C15H26N2O2. The fourth-order valence-electron chi connectivity index (χ4n) is 4.03. The quantitative estimate of drug-likeness (QED) is 0.824. The number of aliphatic carboxylic acids is 1. The van der Waals surface area contributed by atoms with Crippen LogP contribution in [0.25, 0.3) is 0 Å². The van der Waals surface area contributed by atoms with Gasteiger partial charge in [-0.3, -0.25) is 9.69 Å². The fourth-order valence-corrected chi connectivity index (χ4v) is 4.03. The molecule has 0 aromatic heterocycles. The molecule has 0 aromatic carbocycles. The number of hydrogen-bond donors (Lipinski definition) is 1. The van der Waals surface area contributed by atoms with Crippen molar-refractivity contribution in [2.75, 3.05) is 26.2 Å². The first-order chi connectivity index (χ1) is 9.24. The van der Waals surface area contributed by atoms with Gasteiger partial charge in [0.25, 0.3) is 0 Å². The molecule has 1 N–H and O–H groups in total. The molecule has 4 nitrogen and oxygen atoms in total. The maximum absolute atomic E-state index is 10.6. The van der Waals surface area contributed by atoms with Gasteiger partial charge in [-0.15, -0.1) is 0 Å². The van der Waals surface area contributed by atoms with Gasteiger partial charge in [-0.05, 0) is 64.1 Å². The Balaban J connectivity index is 1.48. The van der Waals surface area contributed by atoms with Crippen LogP contribution in [-0.2, 0) is 4.79 Å². The van der Waals surface area contributed by atoms with Gasteiger partial charge in [0, 0.05) is 25.0 Å². The van der Waals surface area contributed by atoms with Crippen LogP contribution in [0, 0.1) is 5.92 Å². The molecule has 2 aliphatic heterocycles. The number of hydrogen-bond acceptors (Lipinski definition) is 3. The van der Waals surface area contributed by atoms with Gasteiger partial charge in [0.2, 0.25) is 0 Å². The number of carbonyl (C=O) groups is 1. The lowest BCUT2D eigenvalue weighted by Gasteiger charge is -2.47. The third kappa shape index (κ3) is 3.29. The first kappa shape index (κ1) is 13.4. The molecule has 1 saturated carbocycles. The minimum Gasteiger partial charge on any atom is -0.481 e. The molecule has 0 radical (unpaired) electrons. The molecule has 19 heavy (non-hydrogen) atoms. The van der Waals surface area contributed by atoms with Gasteiger partial charge in [0.1, 0.15) is 0 Å². The van der Waals surface area contributed by atoms with Crippen LogP contribution in [0.3, 0.4) is 0 Å². The van der Waals surface area contributed by atoms with Crippen LogP contribution in [0.1, 0.15) is 44.9 Å². The Morgan fingerprint density at radius 3 is 2.74 bits per heavy atom. The van der Waals surface area contributed by atoms with Crippen LogP contribution in [0.4, 0.5) is 0 Å². The molecular weight excluding hydrogens is 240 g/mol. The Kier molecular flexibility index (Phi) is 4.08. The molecule has 108 valence electrons. The Labute approximate surface area is 115 Å². The lowest BCUT2D eigenvalue weighted by atomic mass is 9.83. The number of likely N-dealkylation sites (tertiary alicyclic amines) is 2. The van der Waals surface area contributed by atoms with Gasteiger partial charge in [-0.1, -0.05) is 0 Å². The summed E-state index contributed by atoms with van der Waals surface area (Å²) in [6, 6.07) is 1.74. The third-order valence-corrected chi connectivity index (χ3v) is 5.08. The van der Waals surface area contributed by atoms with Crippen LogP contribution in [-0.4, -0.2) is 59.1 Å². The lowest BCUT2D eigenvalue weighted by molar-refractivity contribution is -0.137. The van der Waals surface area contributed by atoms with E-state index in [1.807, 2.05) is 0 Å². The first-order valence-electron chi connectivity index (χ1n) is 7.94. The number of carboxylic acids is 1. The van der Waals surface area contributed by atoms with E-state index < -0.39 is 5.97 Å². The van der Waals surface area contributed by atoms with Gasteiger partial charge >= 0.3 is 5.97 Å². The van der Waals surface area contributed by atoms with E-state index in [9.17, 15) is 4.79 Å². The molecule has 2 atom stereocenters. The van der Waals surface area contributed by atoms with Crippen molar-refractivity contribution in [3.63, 3.8) is 0 Å². The van der Waals surface area contributed by atoms with E-state index in [4.69, 9.17) is 5.11 Å². The van der Waals surface area contributed by atoms with E-state index in [1.54, 1.807) is 0 Å². The maximum Gasteiger partial charge on any atom is 0.303 e. The van der Waals surface area contributed by atoms with Crippen LogP contribution in [0.15, 0.2) is 0 Å². The molecule has 0 bridgehead atoms. The van der Waals surface area contributed by atoms with Crippen molar-refractivity contribution >= 4 is 5.97 Å². The smallest absolute Gasteiger partial charge is 0.303 e. The van der Waals surface area contributed by atoms with Crippen LogP contribution in [0.2, 0.25) is 0 Å². The summed E-state index contributed by atoms with van der Waals surface area (Å²) in [5.41, 5.74) is 0. The number of piperidine rings is 2. The zero-order valence-corrected chi connectivity index (χ0v) is 11.8. The number of carboxylic acid groups (broad SMARTS) is 1. The van der Waals surface area contributed by atoms with Gasteiger partial charge in [-0.2, -0.15) is 0 Å². The number of fused-ring (bicyclic) bond motifs is 1. The molecule has 0 aromatic rings. The minimum absolute atomic E-state index is 0.318. The topological polar surface area (TPSA) is 43.8 Å². The molecule has 3 rings (SSSR count). The summed E-state index contributed by atoms with van der Waals surface area (Å²) in [5.74, 6) is 0.181. The highest BCUT2D eigenvalue weighted by Crippen LogP contribution is 2.38. The van der Waals surface area contributed by atoms with Crippen molar-refractivity contribution in [2.45, 2.75) is 57.0 Å². The van der Waals surface area contributed by atoms with Crippen molar-refractivity contribution in [1.29, 1.82) is 0 Å². The molecule has 4 heteroatoms. The Morgan fingerprint density at radius 2 is 2.00 bits per heavy atom. The molecule has 2 saturated heterocycles. The second-order valence-electron chi connectivity index (χ2n) is 6.53. The number of nitrogens with zero attached hydrogens (tertiary/aromatic N) is 2. The van der Waals surface area contributed by atoms with Crippen molar-refractivity contribution in [1.82, 2.24) is 9.80 Å². The average molecular weight is 266 g/mol. The molecule has 3 aliphatic rings. The average Bonchev–Trinajstić information content (AvgIpc) is 3.21.